The van der Waals surface area contributed by atoms with Crippen LogP contribution in [0.2, 0.25) is 15.3 Å². The molecule has 2 aromatic carbocycles. The predicted octanol–water partition coefficient (Wildman–Crippen LogP) is 6.14. The van der Waals surface area contributed by atoms with E-state index in [1.54, 1.807) is 12.1 Å². The topological polar surface area (TPSA) is 35.0 Å². The van der Waals surface area contributed by atoms with E-state index in [2.05, 4.69) is 25.9 Å². The van der Waals surface area contributed by atoms with Gasteiger partial charge in [-0.25, -0.2) is 4.98 Å². The molecular weight excluding hydrogens is 398 g/mol. The number of fused-ring (bicyclic) bond motifs is 1. The number of benzene rings is 2. The summed E-state index contributed by atoms with van der Waals surface area (Å²) in [5, 5.41) is 1.73. The second-order valence-corrected chi connectivity index (χ2v) is 6.12. The van der Waals surface area contributed by atoms with Gasteiger partial charge in [0, 0.05) is 10.5 Å². The van der Waals surface area contributed by atoms with Gasteiger partial charge in [0.05, 0.1) is 20.9 Å². The lowest BCUT2D eigenvalue weighted by Crippen LogP contribution is -1.93. The number of halogens is 4. The van der Waals surface area contributed by atoms with E-state index in [-0.39, 0.29) is 5.28 Å². The maximum atomic E-state index is 6.15. The van der Waals surface area contributed by atoms with Crippen molar-refractivity contribution in [2.75, 3.05) is 0 Å². The Kier molecular flexibility index (Phi) is 4.22. The van der Waals surface area contributed by atoms with Gasteiger partial charge in [-0.2, -0.15) is 4.98 Å². The van der Waals surface area contributed by atoms with Gasteiger partial charge in [0.15, 0.2) is 0 Å². The van der Waals surface area contributed by atoms with E-state index in [0.717, 1.165) is 5.39 Å². The minimum absolute atomic E-state index is 0.100. The van der Waals surface area contributed by atoms with Crippen LogP contribution in [0.15, 0.2) is 40.9 Å². The molecule has 0 aliphatic rings. The molecule has 3 nitrogen and oxygen atoms in total. The zero-order valence-electron chi connectivity index (χ0n) is 10.3. The Bertz CT molecular complexity index is 842. The van der Waals surface area contributed by atoms with Crippen molar-refractivity contribution in [1.29, 1.82) is 0 Å². The average Bonchev–Trinajstić information content (AvgIpc) is 2.44. The quantitative estimate of drug-likeness (QED) is 0.380. The number of aromatic nitrogens is 2. The van der Waals surface area contributed by atoms with Crippen LogP contribution in [0.4, 0.5) is 0 Å². The molecule has 106 valence electrons. The van der Waals surface area contributed by atoms with Crippen LogP contribution >= 0.6 is 50.7 Å². The lowest BCUT2D eigenvalue weighted by Gasteiger charge is -2.10. The molecule has 0 saturated heterocycles. The summed E-state index contributed by atoms with van der Waals surface area (Å²) in [5.74, 6) is 0.718. The highest BCUT2D eigenvalue weighted by Gasteiger charge is 2.12. The Morgan fingerprint density at radius 2 is 1.71 bits per heavy atom. The van der Waals surface area contributed by atoms with E-state index in [4.69, 9.17) is 39.5 Å². The van der Waals surface area contributed by atoms with E-state index in [1.165, 1.54) is 0 Å². The number of hydrogen-bond donors (Lipinski definition) is 0. The molecular formula is C14H6BrCl3N2O. The Hall–Kier alpha value is -1.07. The van der Waals surface area contributed by atoms with Crippen molar-refractivity contribution >= 4 is 61.6 Å². The van der Waals surface area contributed by atoms with Crippen LogP contribution in [0.3, 0.4) is 0 Å². The maximum absolute atomic E-state index is 6.15. The molecule has 0 unspecified atom stereocenters. The first-order valence-electron chi connectivity index (χ1n) is 5.79. The fourth-order valence-electron chi connectivity index (χ4n) is 1.78. The third-order valence-electron chi connectivity index (χ3n) is 2.72. The molecule has 1 heterocycles. The van der Waals surface area contributed by atoms with Gasteiger partial charge in [0.1, 0.15) is 5.75 Å². The largest absolute Gasteiger partial charge is 0.437 e. The van der Waals surface area contributed by atoms with Crippen LogP contribution in [0.1, 0.15) is 0 Å². The highest BCUT2D eigenvalue weighted by Crippen LogP contribution is 2.37. The highest BCUT2D eigenvalue weighted by atomic mass is 79.9. The maximum Gasteiger partial charge on any atom is 0.231 e. The normalized spacial score (nSPS) is 10.9. The molecule has 1 aromatic heterocycles. The Balaban J connectivity index is 2.12. The second kappa shape index (κ2) is 5.97. The first kappa shape index (κ1) is 14.9. The molecule has 3 rings (SSSR count). The number of ether oxygens (including phenoxy) is 1. The van der Waals surface area contributed by atoms with Crippen molar-refractivity contribution in [2.45, 2.75) is 0 Å². The number of nitrogens with zero attached hydrogens (tertiary/aromatic N) is 2. The Morgan fingerprint density at radius 1 is 0.952 bits per heavy atom. The lowest BCUT2D eigenvalue weighted by molar-refractivity contribution is 0.468. The minimum Gasteiger partial charge on any atom is -0.437 e. The second-order valence-electron chi connectivity index (χ2n) is 4.11. The molecule has 0 radical (unpaired) electrons. The van der Waals surface area contributed by atoms with Crippen molar-refractivity contribution < 1.29 is 4.74 Å². The van der Waals surface area contributed by atoms with Gasteiger partial charge in [-0.1, -0.05) is 35.3 Å². The van der Waals surface area contributed by atoms with Crippen LogP contribution in [0.25, 0.3) is 10.9 Å². The van der Waals surface area contributed by atoms with Crippen LogP contribution in [-0.2, 0) is 0 Å². The first-order valence-corrected chi connectivity index (χ1v) is 7.72. The van der Waals surface area contributed by atoms with Crippen LogP contribution in [-0.4, -0.2) is 9.97 Å². The Labute approximate surface area is 144 Å². The third kappa shape index (κ3) is 3.09. The van der Waals surface area contributed by atoms with Gasteiger partial charge in [-0.15, -0.1) is 0 Å². The average molecular weight is 404 g/mol. The van der Waals surface area contributed by atoms with Gasteiger partial charge < -0.3 is 4.74 Å². The monoisotopic (exact) mass is 402 g/mol. The summed E-state index contributed by atoms with van der Waals surface area (Å²) < 4.78 is 6.45. The van der Waals surface area contributed by atoms with Gasteiger partial charge in [0.2, 0.25) is 11.2 Å². The zero-order chi connectivity index (χ0) is 15.0. The minimum atomic E-state index is 0.100. The highest BCUT2D eigenvalue weighted by molar-refractivity contribution is 9.10. The molecule has 21 heavy (non-hydrogen) atoms. The smallest absolute Gasteiger partial charge is 0.231 e. The standard InChI is InChI=1S/C14H6BrCl3N2O/c15-8-5-10(17)12(6-9(8)16)21-13-7-3-1-2-4-11(7)19-14(18)20-13/h1-6H. The van der Waals surface area contributed by atoms with E-state index in [0.29, 0.717) is 31.7 Å². The number of hydrogen-bond acceptors (Lipinski definition) is 3. The SMILES string of the molecule is Clc1nc(Oc2cc(Cl)c(Br)cc2Cl)c2ccccc2n1. The molecule has 0 aliphatic carbocycles. The van der Waals surface area contributed by atoms with Gasteiger partial charge in [0.25, 0.3) is 0 Å². The summed E-state index contributed by atoms with van der Waals surface area (Å²) in [5.41, 5.74) is 0.687. The van der Waals surface area contributed by atoms with Crippen molar-refractivity contribution in [3.05, 3.63) is 56.2 Å². The zero-order valence-corrected chi connectivity index (χ0v) is 14.1. The van der Waals surface area contributed by atoms with E-state index in [1.807, 2.05) is 24.3 Å². The molecule has 0 N–H and O–H groups in total. The molecule has 0 fully saturated rings. The van der Waals surface area contributed by atoms with Crippen molar-refractivity contribution in [2.24, 2.45) is 0 Å². The summed E-state index contributed by atoms with van der Waals surface area (Å²) in [6.07, 6.45) is 0. The summed E-state index contributed by atoms with van der Waals surface area (Å²) >= 11 is 21.4. The van der Waals surface area contributed by atoms with Crippen molar-refractivity contribution in [3.63, 3.8) is 0 Å². The molecule has 0 amide bonds. The molecule has 0 atom stereocenters. The van der Waals surface area contributed by atoms with E-state index in [9.17, 15) is 0 Å². The predicted molar refractivity (Wildman–Crippen MR) is 88.8 cm³/mol. The van der Waals surface area contributed by atoms with Crippen LogP contribution in [0.5, 0.6) is 11.6 Å². The van der Waals surface area contributed by atoms with Crippen LogP contribution in [0, 0.1) is 0 Å². The van der Waals surface area contributed by atoms with E-state index >= 15 is 0 Å². The summed E-state index contributed by atoms with van der Waals surface area (Å²) in [4.78, 5) is 8.25. The number of rotatable bonds is 2. The fraction of sp³-hybridized carbons (Fsp3) is 0. The van der Waals surface area contributed by atoms with Gasteiger partial charge >= 0.3 is 0 Å². The molecule has 3 aromatic rings. The molecule has 0 saturated carbocycles. The van der Waals surface area contributed by atoms with E-state index < -0.39 is 0 Å². The van der Waals surface area contributed by atoms with Gasteiger partial charge in [-0.3, -0.25) is 0 Å². The fourth-order valence-corrected chi connectivity index (χ4v) is 2.78. The van der Waals surface area contributed by atoms with Crippen molar-refractivity contribution in [3.8, 4) is 11.6 Å². The molecule has 0 aliphatic heterocycles. The molecule has 0 bridgehead atoms. The summed E-state index contributed by atoms with van der Waals surface area (Å²) in [6, 6.07) is 10.7. The first-order chi connectivity index (χ1) is 10.0. The summed E-state index contributed by atoms with van der Waals surface area (Å²) in [7, 11) is 0. The van der Waals surface area contributed by atoms with Gasteiger partial charge in [-0.05, 0) is 45.7 Å². The molecule has 0 spiro atoms. The lowest BCUT2D eigenvalue weighted by atomic mass is 10.2. The summed E-state index contributed by atoms with van der Waals surface area (Å²) in [6.45, 7) is 0. The number of para-hydroxylation sites is 1. The van der Waals surface area contributed by atoms with Crippen LogP contribution < -0.4 is 4.74 Å². The third-order valence-corrected chi connectivity index (χ3v) is 4.38. The van der Waals surface area contributed by atoms with Crippen molar-refractivity contribution in [1.82, 2.24) is 9.97 Å². The molecule has 7 heteroatoms. The Morgan fingerprint density at radius 3 is 2.52 bits per heavy atom.